The molecule has 0 atom stereocenters. The second-order valence-corrected chi connectivity index (χ2v) is 6.90. The van der Waals surface area contributed by atoms with Gasteiger partial charge in [-0.1, -0.05) is 29.0 Å². The van der Waals surface area contributed by atoms with Crippen LogP contribution in [0.3, 0.4) is 0 Å². The molecule has 0 radical (unpaired) electrons. The van der Waals surface area contributed by atoms with E-state index < -0.39 is 0 Å². The molecule has 4 nitrogen and oxygen atoms in total. The van der Waals surface area contributed by atoms with Gasteiger partial charge in [-0.05, 0) is 19.1 Å². The highest BCUT2D eigenvalue weighted by molar-refractivity contribution is 7.22. The van der Waals surface area contributed by atoms with Gasteiger partial charge in [0.2, 0.25) is 0 Å². The summed E-state index contributed by atoms with van der Waals surface area (Å²) in [5.41, 5.74) is 0.924. The average Bonchev–Trinajstić information content (AvgIpc) is 3.00. The molecule has 0 N–H and O–H groups in total. The lowest BCUT2D eigenvalue weighted by Crippen LogP contribution is -2.48. The number of anilines is 1. The third-order valence-corrected chi connectivity index (χ3v) is 5.35. The van der Waals surface area contributed by atoms with Crippen LogP contribution in [0.2, 0.25) is 5.02 Å². The Morgan fingerprint density at radius 1 is 1.38 bits per heavy atom. The number of imidazole rings is 1. The maximum Gasteiger partial charge on any atom is 0.186 e. The summed E-state index contributed by atoms with van der Waals surface area (Å²) in [5, 5.41) is 1.82. The number of nitrogens with zero attached hydrogens (tertiary/aromatic N) is 4. The molecule has 1 saturated heterocycles. The van der Waals surface area contributed by atoms with E-state index in [0.717, 1.165) is 45.8 Å². The van der Waals surface area contributed by atoms with Gasteiger partial charge in [0.1, 0.15) is 11.3 Å². The van der Waals surface area contributed by atoms with E-state index in [1.54, 1.807) is 11.3 Å². The summed E-state index contributed by atoms with van der Waals surface area (Å²) in [4.78, 5) is 11.3. The maximum atomic E-state index is 6.19. The van der Waals surface area contributed by atoms with Crippen LogP contribution >= 0.6 is 22.9 Å². The van der Waals surface area contributed by atoms with Crippen molar-refractivity contribution in [2.45, 2.75) is 13.5 Å². The van der Waals surface area contributed by atoms with Crippen molar-refractivity contribution in [1.82, 2.24) is 14.5 Å². The molecular formula is C15H15ClN4S. The SMILES string of the molecule is Cc1nccn1CC1CN(c2nc3c(Cl)cccc3s2)C1. The standard InChI is InChI=1S/C15H15ClN4S/c1-10-17-5-6-19(10)7-11-8-20(9-11)15-18-14-12(16)3-2-4-13(14)21-15/h2-6,11H,7-9H2,1H3. The number of halogens is 1. The first kappa shape index (κ1) is 13.1. The number of hydrogen-bond donors (Lipinski definition) is 0. The highest BCUT2D eigenvalue weighted by atomic mass is 35.5. The predicted molar refractivity (Wildman–Crippen MR) is 87.3 cm³/mol. The Morgan fingerprint density at radius 3 is 2.95 bits per heavy atom. The highest BCUT2D eigenvalue weighted by Crippen LogP contribution is 2.35. The summed E-state index contributed by atoms with van der Waals surface area (Å²) >= 11 is 7.91. The van der Waals surface area contributed by atoms with E-state index in [4.69, 9.17) is 11.6 Å². The van der Waals surface area contributed by atoms with Crippen molar-refractivity contribution in [3.05, 3.63) is 41.4 Å². The number of thiazole rings is 1. The van der Waals surface area contributed by atoms with Crippen molar-refractivity contribution in [3.8, 4) is 0 Å². The van der Waals surface area contributed by atoms with Gasteiger partial charge in [0.05, 0.1) is 9.72 Å². The molecule has 0 bridgehead atoms. The van der Waals surface area contributed by atoms with Crippen molar-refractivity contribution in [3.63, 3.8) is 0 Å². The van der Waals surface area contributed by atoms with E-state index in [2.05, 4.69) is 31.7 Å². The lowest BCUT2D eigenvalue weighted by atomic mass is 10.0. The monoisotopic (exact) mass is 318 g/mol. The molecule has 0 amide bonds. The van der Waals surface area contributed by atoms with Gasteiger partial charge in [0.15, 0.2) is 5.13 Å². The number of hydrogen-bond acceptors (Lipinski definition) is 4. The molecule has 4 rings (SSSR count). The maximum absolute atomic E-state index is 6.19. The highest BCUT2D eigenvalue weighted by Gasteiger charge is 2.29. The molecule has 1 fully saturated rings. The van der Waals surface area contributed by atoms with Gasteiger partial charge in [0, 0.05) is 37.9 Å². The fourth-order valence-electron chi connectivity index (χ4n) is 2.75. The van der Waals surface area contributed by atoms with Gasteiger partial charge in [-0.15, -0.1) is 0 Å². The van der Waals surface area contributed by atoms with Crippen molar-refractivity contribution in [2.24, 2.45) is 5.92 Å². The summed E-state index contributed by atoms with van der Waals surface area (Å²) in [6, 6.07) is 5.95. The summed E-state index contributed by atoms with van der Waals surface area (Å²) in [6.07, 6.45) is 3.91. The average molecular weight is 319 g/mol. The fraction of sp³-hybridized carbons (Fsp3) is 0.333. The minimum Gasteiger partial charge on any atom is -0.347 e. The number of fused-ring (bicyclic) bond motifs is 1. The summed E-state index contributed by atoms with van der Waals surface area (Å²) < 4.78 is 3.38. The quantitative estimate of drug-likeness (QED) is 0.740. The normalized spacial score (nSPS) is 15.6. The molecule has 1 aromatic carbocycles. The van der Waals surface area contributed by atoms with Crippen LogP contribution in [-0.2, 0) is 6.54 Å². The number of aryl methyl sites for hydroxylation is 1. The predicted octanol–water partition coefficient (Wildman–Crippen LogP) is 3.59. The van der Waals surface area contributed by atoms with Crippen LogP contribution in [0.15, 0.2) is 30.6 Å². The molecule has 1 aliphatic heterocycles. The second kappa shape index (κ2) is 5.00. The lowest BCUT2D eigenvalue weighted by molar-refractivity contribution is 0.354. The molecule has 6 heteroatoms. The van der Waals surface area contributed by atoms with Crippen LogP contribution in [0.4, 0.5) is 5.13 Å². The third-order valence-electron chi connectivity index (χ3n) is 3.96. The Morgan fingerprint density at radius 2 is 2.24 bits per heavy atom. The van der Waals surface area contributed by atoms with E-state index in [9.17, 15) is 0 Å². The van der Waals surface area contributed by atoms with Crippen LogP contribution in [-0.4, -0.2) is 27.6 Å². The van der Waals surface area contributed by atoms with Crippen LogP contribution in [0.25, 0.3) is 10.2 Å². The molecule has 0 aliphatic carbocycles. The van der Waals surface area contributed by atoms with Crippen LogP contribution < -0.4 is 4.90 Å². The molecule has 3 aromatic rings. The lowest BCUT2D eigenvalue weighted by Gasteiger charge is -2.39. The van der Waals surface area contributed by atoms with Gasteiger partial charge in [-0.25, -0.2) is 9.97 Å². The van der Waals surface area contributed by atoms with Gasteiger partial charge in [0.25, 0.3) is 0 Å². The molecule has 1 aliphatic rings. The minimum absolute atomic E-state index is 0.667. The Hall–Kier alpha value is -1.59. The van der Waals surface area contributed by atoms with Crippen molar-refractivity contribution >= 4 is 38.3 Å². The van der Waals surface area contributed by atoms with Crippen LogP contribution in [0.5, 0.6) is 0 Å². The number of rotatable bonds is 3. The first-order valence-corrected chi connectivity index (χ1v) is 8.18. The summed E-state index contributed by atoms with van der Waals surface area (Å²) in [7, 11) is 0. The molecule has 0 spiro atoms. The van der Waals surface area contributed by atoms with Crippen molar-refractivity contribution in [2.75, 3.05) is 18.0 Å². The zero-order valence-corrected chi connectivity index (χ0v) is 13.2. The molecule has 0 saturated carbocycles. The number of para-hydroxylation sites is 1. The van der Waals surface area contributed by atoms with Crippen LogP contribution in [0.1, 0.15) is 5.82 Å². The largest absolute Gasteiger partial charge is 0.347 e. The van der Waals surface area contributed by atoms with Gasteiger partial charge in [-0.3, -0.25) is 0 Å². The van der Waals surface area contributed by atoms with Crippen molar-refractivity contribution in [1.29, 1.82) is 0 Å². The topological polar surface area (TPSA) is 34.0 Å². The molecule has 3 heterocycles. The van der Waals surface area contributed by atoms with E-state index in [0.29, 0.717) is 5.92 Å². The van der Waals surface area contributed by atoms with Gasteiger partial charge < -0.3 is 9.47 Å². The third kappa shape index (κ3) is 2.30. The van der Waals surface area contributed by atoms with E-state index in [1.165, 1.54) is 0 Å². The minimum atomic E-state index is 0.667. The molecule has 108 valence electrons. The molecule has 0 unspecified atom stereocenters. The van der Waals surface area contributed by atoms with Crippen molar-refractivity contribution < 1.29 is 0 Å². The van der Waals surface area contributed by atoms with Crippen LogP contribution in [0, 0.1) is 12.8 Å². The smallest absolute Gasteiger partial charge is 0.186 e. The Labute approximate surface area is 132 Å². The van der Waals surface area contributed by atoms with Gasteiger partial charge >= 0.3 is 0 Å². The summed E-state index contributed by atoms with van der Waals surface area (Å²) in [6.45, 7) is 5.18. The van der Waals surface area contributed by atoms with E-state index in [-0.39, 0.29) is 0 Å². The Balaban J connectivity index is 1.47. The first-order chi connectivity index (χ1) is 10.2. The number of aromatic nitrogens is 3. The summed E-state index contributed by atoms with van der Waals surface area (Å²) in [5.74, 6) is 1.75. The zero-order valence-electron chi connectivity index (χ0n) is 11.7. The van der Waals surface area contributed by atoms with E-state index >= 15 is 0 Å². The molecule has 2 aromatic heterocycles. The first-order valence-electron chi connectivity index (χ1n) is 6.98. The molecule has 21 heavy (non-hydrogen) atoms. The van der Waals surface area contributed by atoms with E-state index in [1.807, 2.05) is 25.3 Å². The second-order valence-electron chi connectivity index (χ2n) is 5.48. The Bertz CT molecular complexity index is 788. The Kier molecular flexibility index (Phi) is 3.12. The number of benzene rings is 1. The van der Waals surface area contributed by atoms with Gasteiger partial charge in [-0.2, -0.15) is 0 Å². The fourth-order valence-corrected chi connectivity index (χ4v) is 4.04. The molecular weight excluding hydrogens is 304 g/mol. The zero-order chi connectivity index (χ0) is 14.4.